The molecule has 0 radical (unpaired) electrons. The zero-order chi connectivity index (χ0) is 23.1. The van der Waals surface area contributed by atoms with Gasteiger partial charge in [-0.15, -0.1) is 13.2 Å². The van der Waals surface area contributed by atoms with Gasteiger partial charge < -0.3 is 9.64 Å². The highest BCUT2D eigenvalue weighted by Crippen LogP contribution is 2.50. The lowest BCUT2D eigenvalue weighted by Gasteiger charge is -2.34. The van der Waals surface area contributed by atoms with Crippen LogP contribution in [0.1, 0.15) is 17.9 Å². The van der Waals surface area contributed by atoms with Gasteiger partial charge >= 0.3 is 6.36 Å². The predicted molar refractivity (Wildman–Crippen MR) is 111 cm³/mol. The summed E-state index contributed by atoms with van der Waals surface area (Å²) in [6, 6.07) is 11.5. The van der Waals surface area contributed by atoms with E-state index in [2.05, 4.69) is 4.74 Å². The zero-order valence-electron chi connectivity index (χ0n) is 16.8. The van der Waals surface area contributed by atoms with E-state index in [-0.39, 0.29) is 48.8 Å². The fourth-order valence-corrected chi connectivity index (χ4v) is 5.63. The average Bonchev–Trinajstić information content (AvgIpc) is 3.53. The van der Waals surface area contributed by atoms with E-state index < -0.39 is 22.1 Å². The number of benzene rings is 2. The third-order valence-corrected chi connectivity index (χ3v) is 7.91. The van der Waals surface area contributed by atoms with Crippen molar-refractivity contribution in [1.29, 1.82) is 0 Å². The zero-order valence-corrected chi connectivity index (χ0v) is 18.3. The minimum Gasteiger partial charge on any atom is -0.406 e. The lowest BCUT2D eigenvalue weighted by molar-refractivity contribution is -0.274. The maximum absolute atomic E-state index is 12.8. The van der Waals surface area contributed by atoms with E-state index in [0.29, 0.717) is 11.4 Å². The summed E-state index contributed by atoms with van der Waals surface area (Å²) in [5, 5.41) is 0.635. The smallest absolute Gasteiger partial charge is 0.406 e. The predicted octanol–water partition coefficient (Wildman–Crippen LogP) is 3.88. The third kappa shape index (κ3) is 4.87. The van der Waals surface area contributed by atoms with E-state index in [9.17, 15) is 26.4 Å². The van der Waals surface area contributed by atoms with Crippen LogP contribution in [-0.4, -0.2) is 56.1 Å². The number of alkyl halides is 3. The Morgan fingerprint density at radius 2 is 1.62 bits per heavy atom. The van der Waals surface area contributed by atoms with Crippen molar-refractivity contribution in [1.82, 2.24) is 9.21 Å². The van der Waals surface area contributed by atoms with Crippen LogP contribution in [-0.2, 0) is 14.8 Å². The van der Waals surface area contributed by atoms with Gasteiger partial charge in [-0.2, -0.15) is 4.31 Å². The van der Waals surface area contributed by atoms with Crippen LogP contribution >= 0.6 is 11.6 Å². The number of carbonyl (C=O) groups is 1. The van der Waals surface area contributed by atoms with Crippen molar-refractivity contribution >= 4 is 27.5 Å². The molecule has 32 heavy (non-hydrogen) atoms. The molecule has 4 rings (SSSR count). The highest BCUT2D eigenvalue weighted by Gasteiger charge is 2.47. The molecule has 6 nitrogen and oxygen atoms in total. The Kier molecular flexibility index (Phi) is 6.12. The lowest BCUT2D eigenvalue weighted by atomic mass is 10.1. The summed E-state index contributed by atoms with van der Waals surface area (Å²) in [5.74, 6) is -0.584. The Bertz CT molecular complexity index is 1100. The molecule has 1 aliphatic carbocycles. The van der Waals surface area contributed by atoms with E-state index >= 15 is 0 Å². The van der Waals surface area contributed by atoms with Crippen molar-refractivity contribution in [2.45, 2.75) is 23.6 Å². The van der Waals surface area contributed by atoms with Crippen LogP contribution in [0, 0.1) is 5.92 Å². The fraction of sp³-hybridized carbons (Fsp3) is 0.381. The summed E-state index contributed by atoms with van der Waals surface area (Å²) >= 11 is 6.22. The number of carbonyl (C=O) groups excluding carboxylic acids is 1. The molecule has 2 atom stereocenters. The van der Waals surface area contributed by atoms with Gasteiger partial charge in [-0.25, -0.2) is 8.42 Å². The summed E-state index contributed by atoms with van der Waals surface area (Å²) in [5.41, 5.74) is 0.951. The topological polar surface area (TPSA) is 66.9 Å². The normalized spacial score (nSPS) is 21.9. The number of ether oxygens (including phenoxy) is 1. The Hall–Kier alpha value is -2.30. The largest absolute Gasteiger partial charge is 0.573 e. The van der Waals surface area contributed by atoms with Gasteiger partial charge in [0, 0.05) is 37.1 Å². The van der Waals surface area contributed by atoms with Crippen LogP contribution in [0.25, 0.3) is 0 Å². The second-order valence-electron chi connectivity index (χ2n) is 7.72. The van der Waals surface area contributed by atoms with Gasteiger partial charge in [-0.3, -0.25) is 4.79 Å². The number of halogens is 4. The Morgan fingerprint density at radius 1 is 1.00 bits per heavy atom. The van der Waals surface area contributed by atoms with Crippen LogP contribution in [0.4, 0.5) is 13.2 Å². The molecule has 1 saturated heterocycles. The molecular weight excluding hydrogens is 469 g/mol. The summed E-state index contributed by atoms with van der Waals surface area (Å²) < 4.78 is 67.5. The Balaban J connectivity index is 1.35. The summed E-state index contributed by atoms with van der Waals surface area (Å²) in [6.45, 7) is 0.717. The highest BCUT2D eigenvalue weighted by molar-refractivity contribution is 7.89. The van der Waals surface area contributed by atoms with Crippen LogP contribution < -0.4 is 4.74 Å². The molecule has 1 heterocycles. The van der Waals surface area contributed by atoms with Crippen molar-refractivity contribution in [3.05, 3.63) is 59.1 Å². The SMILES string of the molecule is O=C(C1CC1c1ccccc1Cl)N1CCN(S(=O)(=O)c2ccc(OC(F)(F)F)cc2)CC1. The Labute approximate surface area is 188 Å². The quantitative estimate of drug-likeness (QED) is 0.640. The Morgan fingerprint density at radius 3 is 2.22 bits per heavy atom. The minimum absolute atomic E-state index is 0.0133. The van der Waals surface area contributed by atoms with Crippen molar-refractivity contribution in [2.24, 2.45) is 5.92 Å². The van der Waals surface area contributed by atoms with Gasteiger partial charge in [0.1, 0.15) is 5.75 Å². The van der Waals surface area contributed by atoms with Gasteiger partial charge in [0.25, 0.3) is 0 Å². The maximum Gasteiger partial charge on any atom is 0.573 e. The molecule has 1 amide bonds. The molecule has 2 unspecified atom stereocenters. The molecule has 1 saturated carbocycles. The van der Waals surface area contributed by atoms with Crippen molar-refractivity contribution in [3.8, 4) is 5.75 Å². The second-order valence-corrected chi connectivity index (χ2v) is 10.1. The molecule has 0 spiro atoms. The van der Waals surface area contributed by atoms with E-state index in [1.165, 1.54) is 4.31 Å². The third-order valence-electron chi connectivity index (χ3n) is 5.66. The monoisotopic (exact) mass is 488 g/mol. The molecule has 1 aliphatic heterocycles. The lowest BCUT2D eigenvalue weighted by Crippen LogP contribution is -2.51. The molecule has 172 valence electrons. The average molecular weight is 489 g/mol. The standard InChI is InChI=1S/C21H20ClF3N2O4S/c22-19-4-2-1-3-16(19)17-13-18(17)20(28)26-9-11-27(12-10-26)32(29,30)15-7-5-14(6-8-15)31-21(23,24)25/h1-8,17-18H,9-13H2. The number of hydrogen-bond acceptors (Lipinski definition) is 4. The van der Waals surface area contributed by atoms with Crippen LogP contribution in [0.2, 0.25) is 5.02 Å². The molecule has 0 bridgehead atoms. The van der Waals surface area contributed by atoms with Crippen LogP contribution in [0.3, 0.4) is 0 Å². The molecule has 2 aliphatic rings. The van der Waals surface area contributed by atoms with Gasteiger partial charge in [-0.1, -0.05) is 29.8 Å². The molecule has 2 aromatic rings. The van der Waals surface area contributed by atoms with Gasteiger partial charge in [0.05, 0.1) is 4.90 Å². The molecule has 11 heteroatoms. The highest BCUT2D eigenvalue weighted by atomic mass is 35.5. The molecular formula is C21H20ClF3N2O4S. The van der Waals surface area contributed by atoms with Crippen molar-refractivity contribution < 1.29 is 31.1 Å². The number of sulfonamides is 1. The first-order valence-corrected chi connectivity index (χ1v) is 11.8. The van der Waals surface area contributed by atoms with E-state index in [1.807, 2.05) is 18.2 Å². The summed E-state index contributed by atoms with van der Waals surface area (Å²) in [7, 11) is -3.89. The summed E-state index contributed by atoms with van der Waals surface area (Å²) in [6.07, 6.45) is -4.14. The first-order valence-electron chi connectivity index (χ1n) is 9.95. The maximum atomic E-state index is 12.8. The molecule has 2 aromatic carbocycles. The van der Waals surface area contributed by atoms with E-state index in [0.717, 1.165) is 29.8 Å². The van der Waals surface area contributed by atoms with Crippen molar-refractivity contribution in [2.75, 3.05) is 26.2 Å². The van der Waals surface area contributed by atoms with E-state index in [4.69, 9.17) is 11.6 Å². The fourth-order valence-electron chi connectivity index (χ4n) is 3.93. The van der Waals surface area contributed by atoms with Crippen LogP contribution in [0.15, 0.2) is 53.4 Å². The first-order chi connectivity index (χ1) is 15.1. The van der Waals surface area contributed by atoms with Gasteiger partial charge in [-0.05, 0) is 48.2 Å². The molecule has 0 aromatic heterocycles. The van der Waals surface area contributed by atoms with Gasteiger partial charge in [0.2, 0.25) is 15.9 Å². The molecule has 2 fully saturated rings. The summed E-state index contributed by atoms with van der Waals surface area (Å²) in [4.78, 5) is 14.4. The number of hydrogen-bond donors (Lipinski definition) is 0. The second kappa shape index (κ2) is 8.57. The van der Waals surface area contributed by atoms with Gasteiger partial charge in [0.15, 0.2) is 0 Å². The van der Waals surface area contributed by atoms with E-state index in [1.54, 1.807) is 11.0 Å². The van der Waals surface area contributed by atoms with Crippen molar-refractivity contribution in [3.63, 3.8) is 0 Å². The number of rotatable bonds is 5. The number of nitrogens with zero attached hydrogens (tertiary/aromatic N) is 2. The minimum atomic E-state index is -4.85. The first kappa shape index (κ1) is 22.9. The van der Waals surface area contributed by atoms with Crippen LogP contribution in [0.5, 0.6) is 5.75 Å². The molecule has 0 N–H and O–H groups in total. The number of amides is 1. The number of piperazine rings is 1.